The van der Waals surface area contributed by atoms with Gasteiger partial charge in [0.1, 0.15) is 30.4 Å². The molecule has 498 valence electrons. The molecule has 5 rings (SSSR count). The highest BCUT2D eigenvalue weighted by Gasteiger charge is 2.33. The molecule has 0 aliphatic carbocycles. The smallest absolute Gasteiger partial charge is 0.312 e. The lowest BCUT2D eigenvalue weighted by atomic mass is 9.95. The number of fused-ring (bicyclic) bond motifs is 5. The first-order valence-electron chi connectivity index (χ1n) is 30.3. The van der Waals surface area contributed by atoms with Gasteiger partial charge in [0.05, 0.1) is 82.5 Å². The van der Waals surface area contributed by atoms with Gasteiger partial charge >= 0.3 is 12.0 Å². The van der Waals surface area contributed by atoms with Gasteiger partial charge in [-0.25, -0.2) is 9.48 Å². The van der Waals surface area contributed by atoms with E-state index in [0.29, 0.717) is 35.7 Å². The van der Waals surface area contributed by atoms with Crippen LogP contribution in [-0.4, -0.2) is 178 Å². The Morgan fingerprint density at radius 1 is 0.637 bits per heavy atom. The summed E-state index contributed by atoms with van der Waals surface area (Å²) in [5.74, 6) is -6.13. The van der Waals surface area contributed by atoms with Gasteiger partial charge < -0.3 is 71.5 Å². The van der Waals surface area contributed by atoms with Crippen molar-refractivity contribution in [2.75, 3.05) is 88.5 Å². The molecule has 91 heavy (non-hydrogen) atoms. The molecule has 3 aromatic carbocycles. The summed E-state index contributed by atoms with van der Waals surface area (Å²) < 4.78 is 60.8. The molecule has 4 aromatic rings. The second-order valence-corrected chi connectivity index (χ2v) is 23.3. The van der Waals surface area contributed by atoms with Crippen LogP contribution in [0.25, 0.3) is 22.5 Å². The molecule has 0 radical (unpaired) electrons. The Morgan fingerprint density at radius 3 is 1.90 bits per heavy atom. The van der Waals surface area contributed by atoms with Crippen LogP contribution in [0.15, 0.2) is 72.8 Å². The van der Waals surface area contributed by atoms with Gasteiger partial charge in [-0.2, -0.15) is 8.42 Å². The van der Waals surface area contributed by atoms with Gasteiger partial charge in [0.25, 0.3) is 10.1 Å². The number of nitrogens with one attached hydrogen (secondary N) is 7. The predicted molar refractivity (Wildman–Crippen MR) is 334 cm³/mol. The van der Waals surface area contributed by atoms with E-state index in [-0.39, 0.29) is 141 Å². The van der Waals surface area contributed by atoms with Crippen LogP contribution in [0.2, 0.25) is 0 Å². The third kappa shape index (κ3) is 25.8. The van der Waals surface area contributed by atoms with Crippen molar-refractivity contribution < 1.29 is 79.8 Å². The highest BCUT2D eigenvalue weighted by atomic mass is 32.2. The molecule has 0 saturated carbocycles. The van der Waals surface area contributed by atoms with Crippen LogP contribution in [0.1, 0.15) is 90.7 Å². The van der Waals surface area contributed by atoms with Gasteiger partial charge in [-0.05, 0) is 61.4 Å². The third-order valence-electron chi connectivity index (χ3n) is 14.0. The van der Waals surface area contributed by atoms with Crippen molar-refractivity contribution in [3.8, 4) is 22.5 Å². The number of aryl methyl sites for hydroxylation is 1. The van der Waals surface area contributed by atoms with E-state index in [0.717, 1.165) is 22.4 Å². The van der Waals surface area contributed by atoms with Crippen LogP contribution < -0.4 is 47.9 Å². The van der Waals surface area contributed by atoms with Gasteiger partial charge in [0.15, 0.2) is 0 Å². The number of nitrogens with zero attached hydrogens (tertiary/aromatic N) is 4. The monoisotopic (exact) mass is 1290 g/mol. The van der Waals surface area contributed by atoms with Crippen LogP contribution in [0.4, 0.5) is 16.2 Å². The number of carbonyl (C=O) groups excluding carboxylic acids is 9. The van der Waals surface area contributed by atoms with Crippen molar-refractivity contribution in [3.05, 3.63) is 83.9 Å². The van der Waals surface area contributed by atoms with Crippen LogP contribution in [-0.2, 0) is 91.9 Å². The number of para-hydroxylation sites is 1. The quantitative estimate of drug-likeness (QED) is 0.0175. The Labute approximate surface area is 529 Å². The predicted octanol–water partition coefficient (Wildman–Crippen LogP) is 2.51. The van der Waals surface area contributed by atoms with E-state index in [1.807, 2.05) is 60.1 Å². The van der Waals surface area contributed by atoms with Crippen molar-refractivity contribution in [2.45, 2.75) is 117 Å². The van der Waals surface area contributed by atoms with Crippen molar-refractivity contribution in [2.24, 2.45) is 17.6 Å². The molecular weight excluding hydrogens is 1200 g/mol. The van der Waals surface area contributed by atoms with E-state index >= 15 is 0 Å². The fraction of sp³-hybridized carbons (Fsp3) is 0.525. The molecule has 1 aliphatic heterocycles. The lowest BCUT2D eigenvalue weighted by Gasteiger charge is -2.28. The van der Waals surface area contributed by atoms with Crippen LogP contribution >= 0.6 is 0 Å². The number of hydrogen-bond acceptors (Lipinski definition) is 18. The molecule has 2 heterocycles. The van der Waals surface area contributed by atoms with E-state index in [1.54, 1.807) is 56.9 Å². The summed E-state index contributed by atoms with van der Waals surface area (Å²) >= 11 is 0. The molecular formula is C61H86N12O17S. The van der Waals surface area contributed by atoms with Gasteiger partial charge in [-0.15, -0.1) is 5.10 Å². The summed E-state index contributed by atoms with van der Waals surface area (Å²) in [6, 6.07) is 17.2. The molecule has 0 fully saturated rings. The Kier molecular flexibility index (Phi) is 30.9. The number of esters is 1. The first-order valence-corrected chi connectivity index (χ1v) is 31.9. The van der Waals surface area contributed by atoms with E-state index in [9.17, 15) is 51.6 Å². The fourth-order valence-electron chi connectivity index (χ4n) is 9.18. The Morgan fingerprint density at radius 2 is 1.25 bits per heavy atom. The van der Waals surface area contributed by atoms with Gasteiger partial charge in [-0.1, -0.05) is 87.5 Å². The van der Waals surface area contributed by atoms with Crippen molar-refractivity contribution in [1.29, 1.82) is 0 Å². The molecule has 0 unspecified atom stereocenters. The summed E-state index contributed by atoms with van der Waals surface area (Å²) in [6.07, 6.45) is -0.708. The maximum atomic E-state index is 14.0. The lowest BCUT2D eigenvalue weighted by molar-refractivity contribution is -0.148. The maximum absolute atomic E-state index is 14.0. The van der Waals surface area contributed by atoms with Crippen molar-refractivity contribution in [3.63, 3.8) is 0 Å². The first-order chi connectivity index (χ1) is 43.5. The van der Waals surface area contributed by atoms with Gasteiger partial charge in [0, 0.05) is 68.7 Å². The molecule has 0 saturated heterocycles. The molecule has 1 aliphatic rings. The van der Waals surface area contributed by atoms with E-state index < -0.39 is 82.0 Å². The maximum Gasteiger partial charge on any atom is 0.312 e. The molecule has 0 bridgehead atoms. The summed E-state index contributed by atoms with van der Waals surface area (Å²) in [5, 5.41) is 27.1. The number of amides is 9. The second-order valence-electron chi connectivity index (χ2n) is 21.8. The molecule has 30 heteroatoms. The lowest BCUT2D eigenvalue weighted by Crippen LogP contribution is -2.58. The largest absolute Gasteiger partial charge is 0.461 e. The number of urea groups is 1. The van der Waals surface area contributed by atoms with Crippen molar-refractivity contribution >= 4 is 74.8 Å². The van der Waals surface area contributed by atoms with Gasteiger partial charge in [-0.3, -0.25) is 42.9 Å². The molecule has 10 N–H and O–H groups in total. The topological polar surface area (TPSA) is 398 Å². The number of rotatable bonds is 40. The summed E-state index contributed by atoms with van der Waals surface area (Å²) in [4.78, 5) is 119. The third-order valence-corrected chi connectivity index (χ3v) is 14.7. The van der Waals surface area contributed by atoms with Crippen LogP contribution in [0.3, 0.4) is 0 Å². The minimum absolute atomic E-state index is 0.0100. The minimum Gasteiger partial charge on any atom is -0.461 e. The normalized spacial score (nSPS) is 12.8. The number of hydrogen-bond donors (Lipinski definition) is 9. The van der Waals surface area contributed by atoms with Crippen LogP contribution in [0.5, 0.6) is 0 Å². The fourth-order valence-corrected chi connectivity index (χ4v) is 9.54. The average Bonchev–Trinajstić information content (AvgIpc) is 1.73. The Hall–Kier alpha value is -8.42. The number of anilines is 2. The summed E-state index contributed by atoms with van der Waals surface area (Å²) in [5.41, 5.74) is 11.2. The zero-order valence-corrected chi connectivity index (χ0v) is 52.9. The molecule has 3 atom stereocenters. The SMILES string of the molecule is CCn1nnc2c1-c1ccccc1CN(C(=O)CCC(=O)NCCOCCOCCOCCOCCC(=O)N[C@H](CCC(=O)NCCS(=O)(=O)O)C(=O)N[C@H](C(=O)N[C@@H](CCCNC(N)=O)C(=O)Nc1ccc(COC(=O)C(C)C)cc1)C(C)C)c1ccccc1-2. The number of nitrogens with two attached hydrogens (primary N) is 1. The highest BCUT2D eigenvalue weighted by Crippen LogP contribution is 2.41. The molecule has 0 spiro atoms. The minimum atomic E-state index is -4.39. The number of carbonyl (C=O) groups is 9. The Balaban J connectivity index is 0.995. The Bertz CT molecular complexity index is 3180. The summed E-state index contributed by atoms with van der Waals surface area (Å²) in [6.45, 7) is 10.9. The average molecular weight is 1290 g/mol. The highest BCUT2D eigenvalue weighted by molar-refractivity contribution is 7.85. The number of aromatic nitrogens is 3. The van der Waals surface area contributed by atoms with Crippen LogP contribution in [0, 0.1) is 11.8 Å². The zero-order valence-electron chi connectivity index (χ0n) is 52.1. The van der Waals surface area contributed by atoms with Crippen molar-refractivity contribution in [1.82, 2.24) is 46.9 Å². The first kappa shape index (κ1) is 73.3. The number of benzene rings is 3. The molecule has 9 amide bonds. The summed E-state index contributed by atoms with van der Waals surface area (Å²) in [7, 11) is -4.39. The number of ether oxygens (including phenoxy) is 5. The van der Waals surface area contributed by atoms with E-state index in [1.165, 1.54) is 0 Å². The molecule has 1 aromatic heterocycles. The standard InChI is InChI=1S/C61H86N12O17S/c1-6-73-56-45-13-8-7-12-43(45)38-72(49-16-10-9-14-46(49)55(56)70-71-73)53(77)24-23-51(75)63-27-30-87-32-34-89-36-35-88-33-31-86-29-25-52(76)67-48(21-22-50(74)64-28-37-91(83,84)85)58(79)69-54(40(2)3)59(80)68-47(15-11-26-65-61(62)82)57(78)66-44-19-17-42(18-20-44)39-90-60(81)41(4)5/h7-10,12-14,16-20,40-41,47-48,54H,6,11,15,21-39H2,1-5H3,(H,63,75)(H,64,74)(H,66,78)(H,67,76)(H,68,80)(H,69,79)(H3,62,65,82)(H,83,84,85)/t47-,48+,54-/m0/s1. The zero-order chi connectivity index (χ0) is 66.3. The van der Waals surface area contributed by atoms with E-state index in [4.69, 9.17) is 34.0 Å². The second kappa shape index (κ2) is 38.3. The number of primary amides is 1. The van der Waals surface area contributed by atoms with E-state index in [2.05, 4.69) is 47.5 Å². The molecule has 29 nitrogen and oxygen atoms in total. The van der Waals surface area contributed by atoms with Gasteiger partial charge in [0.2, 0.25) is 41.4 Å².